The van der Waals surface area contributed by atoms with Gasteiger partial charge in [-0.25, -0.2) is 4.79 Å². The van der Waals surface area contributed by atoms with Crippen molar-refractivity contribution in [3.05, 3.63) is 75.5 Å². The van der Waals surface area contributed by atoms with Crippen LogP contribution in [-0.2, 0) is 11.8 Å². The van der Waals surface area contributed by atoms with Crippen LogP contribution >= 0.6 is 11.3 Å². The van der Waals surface area contributed by atoms with Crippen molar-refractivity contribution in [1.29, 1.82) is 0 Å². The predicted octanol–water partition coefficient (Wildman–Crippen LogP) is 4.11. The van der Waals surface area contributed by atoms with Gasteiger partial charge in [0, 0.05) is 18.3 Å². The topological polar surface area (TPSA) is 69.9 Å². The molecule has 6 nitrogen and oxygen atoms in total. The normalized spacial score (nSPS) is 11.3. The van der Waals surface area contributed by atoms with Crippen LogP contribution in [-0.4, -0.2) is 23.1 Å². The number of para-hydroxylation sites is 1. The van der Waals surface area contributed by atoms with Gasteiger partial charge in [-0.15, -0.1) is 0 Å². The molecule has 0 atom stereocenters. The third-order valence-corrected chi connectivity index (χ3v) is 5.24. The molecule has 0 spiro atoms. The highest BCUT2D eigenvalue weighted by Crippen LogP contribution is 2.22. The monoisotopic (exact) mass is 396 g/mol. The maximum atomic E-state index is 12.6. The second-order valence-corrected chi connectivity index (χ2v) is 6.92. The number of aromatic nitrogens is 1. The highest BCUT2D eigenvalue weighted by molar-refractivity contribution is 7.11. The van der Waals surface area contributed by atoms with E-state index in [1.54, 1.807) is 49.7 Å². The number of hydrogen-bond donors (Lipinski definition) is 0. The molecule has 1 aromatic heterocycles. The van der Waals surface area contributed by atoms with E-state index in [4.69, 9.17) is 9.47 Å². The van der Waals surface area contributed by atoms with E-state index >= 15 is 0 Å². The van der Waals surface area contributed by atoms with Crippen molar-refractivity contribution in [2.75, 3.05) is 6.61 Å². The Kier molecular flexibility index (Phi) is 6.06. The Morgan fingerprint density at radius 3 is 2.50 bits per heavy atom. The van der Waals surface area contributed by atoms with Gasteiger partial charge in [0.2, 0.25) is 0 Å². The average molecular weight is 396 g/mol. The molecule has 7 heteroatoms. The zero-order chi connectivity index (χ0) is 20.1. The Balaban J connectivity index is 1.88. The van der Waals surface area contributed by atoms with E-state index < -0.39 is 11.9 Å². The molecule has 28 heavy (non-hydrogen) atoms. The number of benzene rings is 2. The number of ether oxygens (including phenoxy) is 2. The summed E-state index contributed by atoms with van der Waals surface area (Å²) in [5, 5.41) is 0. The van der Waals surface area contributed by atoms with E-state index in [-0.39, 0.29) is 0 Å². The van der Waals surface area contributed by atoms with E-state index in [1.165, 1.54) is 0 Å². The Morgan fingerprint density at radius 2 is 1.79 bits per heavy atom. The van der Waals surface area contributed by atoms with E-state index in [0.717, 1.165) is 11.3 Å². The number of nitrogens with zero attached hydrogens (tertiary/aromatic N) is 2. The molecule has 0 unspecified atom stereocenters. The maximum absolute atomic E-state index is 12.6. The molecule has 0 saturated carbocycles. The molecule has 0 radical (unpaired) electrons. The van der Waals surface area contributed by atoms with E-state index in [2.05, 4.69) is 4.99 Å². The van der Waals surface area contributed by atoms with Gasteiger partial charge in [-0.2, -0.15) is 4.99 Å². The lowest BCUT2D eigenvalue weighted by atomic mass is 10.2. The van der Waals surface area contributed by atoms with Crippen molar-refractivity contribution in [2.24, 2.45) is 12.0 Å². The summed E-state index contributed by atoms with van der Waals surface area (Å²) < 4.78 is 12.5. The summed E-state index contributed by atoms with van der Waals surface area (Å²) in [5.41, 5.74) is 1.10. The van der Waals surface area contributed by atoms with E-state index in [0.29, 0.717) is 39.0 Å². The summed E-state index contributed by atoms with van der Waals surface area (Å²) in [6.45, 7) is 3.83. The fourth-order valence-corrected chi connectivity index (χ4v) is 3.49. The minimum atomic E-state index is -0.411. The van der Waals surface area contributed by atoms with E-state index in [9.17, 15) is 9.59 Å². The molecule has 0 aliphatic carbocycles. The minimum absolute atomic E-state index is 0.291. The smallest absolute Gasteiger partial charge is 0.350 e. The third-order valence-electron chi connectivity index (χ3n) is 4.03. The van der Waals surface area contributed by atoms with Gasteiger partial charge in [-0.3, -0.25) is 4.79 Å². The molecule has 3 aromatic rings. The van der Waals surface area contributed by atoms with Crippen LogP contribution in [0, 0.1) is 6.92 Å². The van der Waals surface area contributed by atoms with Crippen LogP contribution in [0.4, 0.5) is 0 Å². The van der Waals surface area contributed by atoms with Gasteiger partial charge in [0.15, 0.2) is 4.80 Å². The third kappa shape index (κ3) is 4.37. The second-order valence-electron chi connectivity index (χ2n) is 5.94. The first kappa shape index (κ1) is 19.6. The van der Waals surface area contributed by atoms with Gasteiger partial charge in [-0.1, -0.05) is 35.6 Å². The summed E-state index contributed by atoms with van der Waals surface area (Å²) >= 11 is 1.13. The Morgan fingerprint density at radius 1 is 1.07 bits per heavy atom. The minimum Gasteiger partial charge on any atom is -0.462 e. The summed E-state index contributed by atoms with van der Waals surface area (Å²) in [6.07, 6.45) is 0. The number of carbonyl (C=O) groups is 2. The number of thiazole rings is 1. The highest BCUT2D eigenvalue weighted by Gasteiger charge is 2.17. The van der Waals surface area contributed by atoms with Crippen molar-refractivity contribution >= 4 is 23.2 Å². The van der Waals surface area contributed by atoms with Crippen LogP contribution in [0.15, 0.2) is 59.6 Å². The predicted molar refractivity (Wildman–Crippen MR) is 107 cm³/mol. The van der Waals surface area contributed by atoms with Gasteiger partial charge >= 0.3 is 5.97 Å². The van der Waals surface area contributed by atoms with Gasteiger partial charge in [0.05, 0.1) is 6.61 Å². The number of amides is 1. The van der Waals surface area contributed by atoms with Crippen LogP contribution in [0.2, 0.25) is 0 Å². The lowest BCUT2D eigenvalue weighted by molar-refractivity contribution is 0.0530. The lowest BCUT2D eigenvalue weighted by Crippen LogP contribution is -2.14. The average Bonchev–Trinajstić information content (AvgIpc) is 2.98. The molecule has 144 valence electrons. The summed E-state index contributed by atoms with van der Waals surface area (Å²) in [7, 11) is 1.76. The van der Waals surface area contributed by atoms with Crippen LogP contribution in [0.5, 0.6) is 11.5 Å². The quantitative estimate of drug-likeness (QED) is 0.609. The van der Waals surface area contributed by atoms with Crippen LogP contribution in [0.1, 0.15) is 32.6 Å². The Hall–Kier alpha value is -3.19. The standard InChI is InChI=1S/C21H20N2O4S/c1-4-26-20(25)18-14(2)23(3)21(28-18)22-19(24)15-9-8-12-17(13-15)27-16-10-6-5-7-11-16/h5-13H,4H2,1-3H3. The van der Waals surface area contributed by atoms with Crippen molar-refractivity contribution < 1.29 is 19.1 Å². The molecule has 0 aliphatic heterocycles. The Bertz CT molecular complexity index is 1070. The molecule has 1 amide bonds. The molecule has 0 saturated heterocycles. The van der Waals surface area contributed by atoms with Crippen molar-refractivity contribution in [3.63, 3.8) is 0 Å². The highest BCUT2D eigenvalue weighted by atomic mass is 32.1. The number of rotatable bonds is 5. The fraction of sp³-hybridized carbons (Fsp3) is 0.190. The summed E-state index contributed by atoms with van der Waals surface area (Å²) in [5.74, 6) is 0.410. The van der Waals surface area contributed by atoms with Crippen molar-refractivity contribution in [2.45, 2.75) is 13.8 Å². The Labute approximate surface area is 166 Å². The number of carbonyl (C=O) groups excluding carboxylic acids is 2. The molecule has 1 heterocycles. The lowest BCUT2D eigenvalue weighted by Gasteiger charge is -2.06. The fourth-order valence-electron chi connectivity index (χ4n) is 2.48. The molecule has 0 N–H and O–H groups in total. The first-order valence-electron chi connectivity index (χ1n) is 8.75. The molecule has 0 aliphatic rings. The van der Waals surface area contributed by atoms with Gasteiger partial charge < -0.3 is 14.0 Å². The van der Waals surface area contributed by atoms with E-state index in [1.807, 2.05) is 30.3 Å². The molecular formula is C21H20N2O4S. The zero-order valence-corrected chi connectivity index (χ0v) is 16.7. The molecule has 0 bridgehead atoms. The largest absolute Gasteiger partial charge is 0.462 e. The van der Waals surface area contributed by atoms with Crippen LogP contribution in [0.25, 0.3) is 0 Å². The number of hydrogen-bond acceptors (Lipinski definition) is 5. The molecular weight excluding hydrogens is 376 g/mol. The molecule has 2 aromatic carbocycles. The van der Waals surface area contributed by atoms with Gasteiger partial charge in [-0.05, 0) is 44.2 Å². The molecule has 3 rings (SSSR count). The zero-order valence-electron chi connectivity index (χ0n) is 15.8. The maximum Gasteiger partial charge on any atom is 0.350 e. The first-order chi connectivity index (χ1) is 13.5. The van der Waals surface area contributed by atoms with Crippen molar-refractivity contribution in [1.82, 2.24) is 4.57 Å². The SMILES string of the molecule is CCOC(=O)c1sc(=NC(=O)c2cccc(Oc3ccccc3)c2)n(C)c1C. The van der Waals surface area contributed by atoms with Crippen LogP contribution < -0.4 is 9.54 Å². The second kappa shape index (κ2) is 8.67. The molecule has 0 fully saturated rings. The van der Waals surface area contributed by atoms with Crippen LogP contribution in [0.3, 0.4) is 0 Å². The summed E-state index contributed by atoms with van der Waals surface area (Å²) in [4.78, 5) is 29.7. The van der Waals surface area contributed by atoms with Crippen molar-refractivity contribution in [3.8, 4) is 11.5 Å². The summed E-state index contributed by atoms with van der Waals surface area (Å²) in [6, 6.07) is 16.2. The van der Waals surface area contributed by atoms with Gasteiger partial charge in [0.1, 0.15) is 16.4 Å². The first-order valence-corrected chi connectivity index (χ1v) is 9.56. The van der Waals surface area contributed by atoms with Gasteiger partial charge in [0.25, 0.3) is 5.91 Å². The number of esters is 1.